The molecule has 0 aromatic carbocycles. The number of allylic oxidation sites excluding steroid dienone is 3. The minimum absolute atomic E-state index is 0.575. The molecule has 1 atom stereocenters. The Labute approximate surface area is 72.8 Å². The molecule has 0 heterocycles. The molecular formula is C11H18. The van der Waals surface area contributed by atoms with E-state index in [0.717, 1.165) is 24.8 Å². The topological polar surface area (TPSA) is 0 Å². The summed E-state index contributed by atoms with van der Waals surface area (Å²) in [6.45, 7) is 7.64. The summed E-state index contributed by atoms with van der Waals surface area (Å²) in [6, 6.07) is 0. The van der Waals surface area contributed by atoms with E-state index in [1.165, 1.54) is 5.57 Å². The Morgan fingerprint density at radius 2 is 2.64 bits per heavy atom. The van der Waals surface area contributed by atoms with E-state index in [2.05, 4.69) is 19.6 Å². The van der Waals surface area contributed by atoms with E-state index in [9.17, 15) is 0 Å². The second-order valence-electron chi connectivity index (χ2n) is 3.30. The Hall–Kier alpha value is -0.520. The van der Waals surface area contributed by atoms with Crippen LogP contribution in [0, 0.1) is 5.92 Å². The van der Waals surface area contributed by atoms with Crippen LogP contribution in [0.3, 0.4) is 0 Å². The quantitative estimate of drug-likeness (QED) is 0.529. The van der Waals surface area contributed by atoms with Crippen molar-refractivity contribution in [2.24, 2.45) is 5.92 Å². The minimum atomic E-state index is -1.12. The van der Waals surface area contributed by atoms with Gasteiger partial charge < -0.3 is 0 Å². The summed E-state index contributed by atoms with van der Waals surface area (Å²) in [5.74, 6) is 0.575. The summed E-state index contributed by atoms with van der Waals surface area (Å²) in [6.07, 6.45) is 3.86. The van der Waals surface area contributed by atoms with E-state index in [0.29, 0.717) is 5.92 Å². The van der Waals surface area contributed by atoms with Crippen molar-refractivity contribution in [3.05, 3.63) is 23.8 Å². The van der Waals surface area contributed by atoms with Crippen molar-refractivity contribution in [3.63, 3.8) is 0 Å². The van der Waals surface area contributed by atoms with Crippen molar-refractivity contribution in [1.29, 1.82) is 0 Å². The lowest BCUT2D eigenvalue weighted by atomic mass is 9.85. The van der Waals surface area contributed by atoms with Gasteiger partial charge in [0.15, 0.2) is 0 Å². The molecule has 0 bridgehead atoms. The van der Waals surface area contributed by atoms with Crippen molar-refractivity contribution in [3.8, 4) is 0 Å². The van der Waals surface area contributed by atoms with Gasteiger partial charge in [-0.15, -0.1) is 0 Å². The standard InChI is InChI=1S/C11H18/c1-4-10-5-7-11(8-6-10)9(2)3/h5,11H,2,4,6-8H2,1,3H3/t11-/m1/s1/i4D2. The second kappa shape index (κ2) is 3.75. The number of hydrogen-bond donors (Lipinski definition) is 0. The molecule has 0 radical (unpaired) electrons. The van der Waals surface area contributed by atoms with Crippen molar-refractivity contribution < 1.29 is 2.74 Å². The summed E-state index contributed by atoms with van der Waals surface area (Å²) in [5.41, 5.74) is 2.19. The molecule has 1 aliphatic rings. The maximum Gasteiger partial charge on any atom is 0.0310 e. The Morgan fingerprint density at radius 3 is 3.00 bits per heavy atom. The average molecular weight is 152 g/mol. The summed E-state index contributed by atoms with van der Waals surface area (Å²) in [4.78, 5) is 0. The molecule has 0 saturated carbocycles. The van der Waals surface area contributed by atoms with Crippen LogP contribution < -0.4 is 0 Å². The van der Waals surface area contributed by atoms with E-state index < -0.39 is 6.37 Å². The van der Waals surface area contributed by atoms with E-state index >= 15 is 0 Å². The van der Waals surface area contributed by atoms with Gasteiger partial charge in [-0.2, -0.15) is 0 Å². The molecule has 0 fully saturated rings. The van der Waals surface area contributed by atoms with Gasteiger partial charge in [0.25, 0.3) is 0 Å². The first-order valence-electron chi connectivity index (χ1n) is 5.26. The predicted octanol–water partition coefficient (Wildman–Crippen LogP) is 3.70. The third kappa shape index (κ3) is 2.21. The molecule has 1 rings (SSSR count). The first kappa shape index (κ1) is 6.05. The van der Waals surface area contributed by atoms with Crippen LogP contribution in [-0.2, 0) is 0 Å². The maximum absolute atomic E-state index is 7.58. The van der Waals surface area contributed by atoms with Crippen molar-refractivity contribution in [2.45, 2.75) is 39.5 Å². The number of hydrogen-bond acceptors (Lipinski definition) is 0. The smallest absolute Gasteiger partial charge is 0.0310 e. The lowest BCUT2D eigenvalue weighted by Crippen LogP contribution is -2.05. The average Bonchev–Trinajstić information content (AvgIpc) is 2.03. The molecule has 0 aromatic heterocycles. The molecule has 0 nitrogen and oxygen atoms in total. The van der Waals surface area contributed by atoms with Gasteiger partial charge in [0.05, 0.1) is 0 Å². The molecule has 0 amide bonds. The summed E-state index contributed by atoms with van der Waals surface area (Å²) >= 11 is 0. The van der Waals surface area contributed by atoms with Crippen LogP contribution in [0.5, 0.6) is 0 Å². The molecule has 0 unspecified atom stereocenters. The Kier molecular flexibility index (Phi) is 2.06. The van der Waals surface area contributed by atoms with Crippen LogP contribution in [0.4, 0.5) is 0 Å². The molecule has 0 saturated heterocycles. The van der Waals surface area contributed by atoms with Crippen LogP contribution in [0.2, 0.25) is 0 Å². The normalized spacial score (nSPS) is 28.5. The maximum atomic E-state index is 7.58. The second-order valence-corrected chi connectivity index (χ2v) is 3.30. The van der Waals surface area contributed by atoms with E-state index in [-0.39, 0.29) is 0 Å². The third-order valence-electron chi connectivity index (χ3n) is 2.43. The van der Waals surface area contributed by atoms with E-state index in [1.54, 1.807) is 6.92 Å². The molecule has 0 heteroatoms. The molecule has 0 N–H and O–H groups in total. The monoisotopic (exact) mass is 152 g/mol. The Morgan fingerprint density at radius 1 is 1.91 bits per heavy atom. The van der Waals surface area contributed by atoms with Crippen molar-refractivity contribution in [2.75, 3.05) is 0 Å². The lowest BCUT2D eigenvalue weighted by Gasteiger charge is -2.21. The van der Waals surface area contributed by atoms with E-state index in [1.807, 2.05) is 0 Å². The first-order valence-corrected chi connectivity index (χ1v) is 4.26. The van der Waals surface area contributed by atoms with Crippen LogP contribution in [-0.4, -0.2) is 0 Å². The zero-order valence-corrected chi connectivity index (χ0v) is 7.48. The van der Waals surface area contributed by atoms with Gasteiger partial charge in [-0.3, -0.25) is 0 Å². The Bertz CT molecular complexity index is 233. The van der Waals surface area contributed by atoms with Gasteiger partial charge in [0, 0.05) is 2.74 Å². The molecule has 1 aliphatic carbocycles. The minimum Gasteiger partial charge on any atom is -0.0998 e. The van der Waals surface area contributed by atoms with E-state index in [4.69, 9.17) is 2.74 Å². The lowest BCUT2D eigenvalue weighted by molar-refractivity contribution is 0.534. The highest BCUT2D eigenvalue weighted by Crippen LogP contribution is 2.28. The van der Waals surface area contributed by atoms with Crippen LogP contribution in [0.1, 0.15) is 42.2 Å². The van der Waals surface area contributed by atoms with Gasteiger partial charge in [-0.25, -0.2) is 0 Å². The molecule has 0 aliphatic heterocycles. The summed E-state index contributed by atoms with van der Waals surface area (Å²) in [5, 5.41) is 0. The van der Waals surface area contributed by atoms with Crippen LogP contribution in [0.25, 0.3) is 0 Å². The SMILES string of the molecule is [2H]C([2H])(C)C1=CC[C@@H](C(=C)C)CC1. The fourth-order valence-corrected chi connectivity index (χ4v) is 1.51. The fraction of sp³-hybridized carbons (Fsp3) is 0.636. The van der Waals surface area contributed by atoms with Gasteiger partial charge in [-0.1, -0.05) is 30.7 Å². The van der Waals surface area contributed by atoms with Gasteiger partial charge in [0.2, 0.25) is 0 Å². The van der Waals surface area contributed by atoms with Crippen molar-refractivity contribution >= 4 is 0 Å². The van der Waals surface area contributed by atoms with Gasteiger partial charge in [0.1, 0.15) is 0 Å². The summed E-state index contributed by atoms with van der Waals surface area (Å²) in [7, 11) is 0. The van der Waals surface area contributed by atoms with Crippen LogP contribution in [0.15, 0.2) is 23.8 Å². The van der Waals surface area contributed by atoms with Crippen LogP contribution >= 0.6 is 0 Å². The number of rotatable bonds is 2. The third-order valence-corrected chi connectivity index (χ3v) is 2.43. The van der Waals surface area contributed by atoms with Gasteiger partial charge >= 0.3 is 0 Å². The fourth-order valence-electron chi connectivity index (χ4n) is 1.51. The Balaban J connectivity index is 2.63. The molecule has 11 heavy (non-hydrogen) atoms. The zero-order chi connectivity index (χ0) is 10.1. The van der Waals surface area contributed by atoms with Gasteiger partial charge in [-0.05, 0) is 38.5 Å². The zero-order valence-electron chi connectivity index (χ0n) is 9.48. The highest BCUT2D eigenvalue weighted by atomic mass is 14.2. The molecule has 0 aromatic rings. The molecule has 62 valence electrons. The first-order chi connectivity index (χ1) is 5.91. The molecular weight excluding hydrogens is 132 g/mol. The highest BCUT2D eigenvalue weighted by molar-refractivity contribution is 5.11. The largest absolute Gasteiger partial charge is 0.0998 e. The predicted molar refractivity (Wildman–Crippen MR) is 50.5 cm³/mol. The summed E-state index contributed by atoms with van der Waals surface area (Å²) < 4.78 is 15.2. The van der Waals surface area contributed by atoms with Crippen molar-refractivity contribution in [1.82, 2.24) is 0 Å². The molecule has 0 spiro atoms. The highest BCUT2D eigenvalue weighted by Gasteiger charge is 2.13.